The van der Waals surface area contributed by atoms with Crippen molar-refractivity contribution in [3.05, 3.63) is 6.92 Å². The quantitative estimate of drug-likeness (QED) is 0.556. The molecule has 0 aromatic rings. The second-order valence-electron chi connectivity index (χ2n) is 4.23. The topological polar surface area (TPSA) is 37.3 Å². The Kier molecular flexibility index (Phi) is 9.65. The van der Waals surface area contributed by atoms with Crippen molar-refractivity contribution in [3.8, 4) is 0 Å². The van der Waals surface area contributed by atoms with E-state index in [0.717, 1.165) is 38.5 Å². The summed E-state index contributed by atoms with van der Waals surface area (Å²) in [6.45, 7) is 5.94. The van der Waals surface area contributed by atoms with Crippen LogP contribution in [0.5, 0.6) is 0 Å². The van der Waals surface area contributed by atoms with Crippen LogP contribution in [-0.4, -0.2) is 11.1 Å². The number of carbonyl (C=O) groups is 1. The molecular formula is C13H25O2. The lowest BCUT2D eigenvalue weighted by Gasteiger charge is -2.11. The normalized spacial score (nSPS) is 12.7. The molecule has 0 fully saturated rings. The van der Waals surface area contributed by atoms with Gasteiger partial charge in [0.2, 0.25) is 0 Å². The fourth-order valence-corrected chi connectivity index (χ4v) is 1.78. The lowest BCUT2D eigenvalue weighted by molar-refractivity contribution is -0.142. The molecule has 2 nitrogen and oxygen atoms in total. The van der Waals surface area contributed by atoms with Gasteiger partial charge in [-0.15, -0.1) is 0 Å². The van der Waals surface area contributed by atoms with E-state index in [-0.39, 0.29) is 5.92 Å². The summed E-state index contributed by atoms with van der Waals surface area (Å²) < 4.78 is 0. The third kappa shape index (κ3) is 8.46. The van der Waals surface area contributed by atoms with Gasteiger partial charge < -0.3 is 5.11 Å². The van der Waals surface area contributed by atoms with Crippen molar-refractivity contribution in [2.45, 2.75) is 64.7 Å². The van der Waals surface area contributed by atoms with Gasteiger partial charge in [0, 0.05) is 0 Å². The van der Waals surface area contributed by atoms with E-state index in [1.807, 2.05) is 0 Å². The van der Waals surface area contributed by atoms with Crippen LogP contribution in [0.25, 0.3) is 0 Å². The number of carboxylic acids is 1. The van der Waals surface area contributed by atoms with E-state index in [1.165, 1.54) is 19.3 Å². The van der Waals surface area contributed by atoms with Crippen molar-refractivity contribution >= 4 is 5.97 Å². The first-order valence-electron chi connectivity index (χ1n) is 6.24. The van der Waals surface area contributed by atoms with Gasteiger partial charge in [-0.3, -0.25) is 4.79 Å². The van der Waals surface area contributed by atoms with E-state index in [2.05, 4.69) is 13.8 Å². The highest BCUT2D eigenvalue weighted by atomic mass is 16.4. The summed E-state index contributed by atoms with van der Waals surface area (Å²) >= 11 is 0. The minimum absolute atomic E-state index is 0.117. The van der Waals surface area contributed by atoms with E-state index < -0.39 is 5.97 Å². The summed E-state index contributed by atoms with van der Waals surface area (Å²) in [7, 11) is 0. The Morgan fingerprint density at radius 3 is 2.20 bits per heavy atom. The number of hydrogen-bond donors (Lipinski definition) is 1. The smallest absolute Gasteiger partial charge is 0.306 e. The average Bonchev–Trinajstić information content (AvgIpc) is 2.21. The maximum atomic E-state index is 10.9. The molecule has 0 amide bonds. The van der Waals surface area contributed by atoms with Crippen LogP contribution in [0.1, 0.15) is 64.7 Å². The van der Waals surface area contributed by atoms with E-state index in [0.29, 0.717) is 0 Å². The lowest BCUT2D eigenvalue weighted by Crippen LogP contribution is -2.13. The number of rotatable bonds is 10. The van der Waals surface area contributed by atoms with E-state index >= 15 is 0 Å². The van der Waals surface area contributed by atoms with E-state index in [1.54, 1.807) is 0 Å². The Balaban J connectivity index is 3.59. The molecule has 0 aromatic heterocycles. The maximum absolute atomic E-state index is 10.9. The Morgan fingerprint density at radius 2 is 1.73 bits per heavy atom. The fraction of sp³-hybridized carbons (Fsp3) is 0.846. The summed E-state index contributed by atoms with van der Waals surface area (Å²) in [5, 5.41) is 9.01. The SMILES string of the molecule is [CH2]CCCCC(CCCCCC)C(=O)O. The summed E-state index contributed by atoms with van der Waals surface area (Å²) in [6.07, 6.45) is 9.34. The highest BCUT2D eigenvalue weighted by molar-refractivity contribution is 5.69. The first-order chi connectivity index (χ1) is 7.22. The number of carboxylic acid groups (broad SMARTS) is 1. The van der Waals surface area contributed by atoms with Crippen LogP contribution in [0.2, 0.25) is 0 Å². The van der Waals surface area contributed by atoms with Crippen molar-refractivity contribution in [3.63, 3.8) is 0 Å². The monoisotopic (exact) mass is 213 g/mol. The standard InChI is InChI=1S/C13H25O2/c1-3-5-7-9-11-12(13(14)15)10-8-6-4-2/h12H,2-11H2,1H3,(H,14,15). The Bertz CT molecular complexity index is 155. The van der Waals surface area contributed by atoms with Gasteiger partial charge in [0.05, 0.1) is 5.92 Å². The van der Waals surface area contributed by atoms with Gasteiger partial charge in [-0.25, -0.2) is 0 Å². The Labute approximate surface area is 94.1 Å². The molecule has 0 bridgehead atoms. The van der Waals surface area contributed by atoms with Gasteiger partial charge in [0.25, 0.3) is 0 Å². The largest absolute Gasteiger partial charge is 0.481 e. The summed E-state index contributed by atoms with van der Waals surface area (Å²) in [5.41, 5.74) is 0. The van der Waals surface area contributed by atoms with Crippen LogP contribution in [-0.2, 0) is 4.79 Å². The molecule has 1 unspecified atom stereocenters. The van der Waals surface area contributed by atoms with Crippen LogP contribution >= 0.6 is 0 Å². The minimum atomic E-state index is -0.615. The molecule has 0 aromatic carbocycles. The number of unbranched alkanes of at least 4 members (excludes halogenated alkanes) is 5. The summed E-state index contributed by atoms with van der Waals surface area (Å²) in [6, 6.07) is 0. The Hall–Kier alpha value is -0.530. The van der Waals surface area contributed by atoms with Crippen LogP contribution < -0.4 is 0 Å². The number of aliphatic carboxylic acids is 1. The minimum Gasteiger partial charge on any atom is -0.481 e. The van der Waals surface area contributed by atoms with Crippen molar-refractivity contribution in [1.82, 2.24) is 0 Å². The van der Waals surface area contributed by atoms with Gasteiger partial charge >= 0.3 is 5.97 Å². The first kappa shape index (κ1) is 14.5. The van der Waals surface area contributed by atoms with Gasteiger partial charge in [0.1, 0.15) is 0 Å². The third-order valence-corrected chi connectivity index (χ3v) is 2.81. The second-order valence-corrected chi connectivity index (χ2v) is 4.23. The van der Waals surface area contributed by atoms with Gasteiger partial charge in [0.15, 0.2) is 0 Å². The lowest BCUT2D eigenvalue weighted by atomic mass is 9.95. The van der Waals surface area contributed by atoms with Crippen LogP contribution in [0.3, 0.4) is 0 Å². The third-order valence-electron chi connectivity index (χ3n) is 2.81. The molecule has 1 radical (unpaired) electrons. The molecule has 15 heavy (non-hydrogen) atoms. The molecule has 1 N–H and O–H groups in total. The average molecular weight is 213 g/mol. The summed E-state index contributed by atoms with van der Waals surface area (Å²) in [5.74, 6) is -0.732. The summed E-state index contributed by atoms with van der Waals surface area (Å²) in [4.78, 5) is 10.9. The Morgan fingerprint density at radius 1 is 1.13 bits per heavy atom. The molecule has 0 aliphatic carbocycles. The molecule has 1 atom stereocenters. The van der Waals surface area contributed by atoms with Crippen molar-refractivity contribution in [1.29, 1.82) is 0 Å². The zero-order valence-electron chi connectivity index (χ0n) is 10.0. The molecule has 0 aliphatic heterocycles. The van der Waals surface area contributed by atoms with E-state index in [9.17, 15) is 4.79 Å². The van der Waals surface area contributed by atoms with Gasteiger partial charge in [-0.2, -0.15) is 0 Å². The fourth-order valence-electron chi connectivity index (χ4n) is 1.78. The van der Waals surface area contributed by atoms with Crippen molar-refractivity contribution < 1.29 is 9.90 Å². The highest BCUT2D eigenvalue weighted by Crippen LogP contribution is 2.18. The van der Waals surface area contributed by atoms with Crippen LogP contribution in [0.4, 0.5) is 0 Å². The van der Waals surface area contributed by atoms with Gasteiger partial charge in [-0.05, 0) is 12.8 Å². The molecule has 0 spiro atoms. The number of hydrogen-bond acceptors (Lipinski definition) is 1. The molecule has 0 saturated heterocycles. The molecule has 0 heterocycles. The molecule has 2 heteroatoms. The zero-order valence-corrected chi connectivity index (χ0v) is 10.0. The highest BCUT2D eigenvalue weighted by Gasteiger charge is 2.15. The van der Waals surface area contributed by atoms with Crippen molar-refractivity contribution in [2.75, 3.05) is 0 Å². The molecule has 89 valence electrons. The predicted octanol–water partition coefficient (Wildman–Crippen LogP) is 4.05. The molecule has 0 aliphatic rings. The van der Waals surface area contributed by atoms with Crippen LogP contribution in [0, 0.1) is 12.8 Å². The maximum Gasteiger partial charge on any atom is 0.306 e. The molecule has 0 rings (SSSR count). The molecular weight excluding hydrogens is 188 g/mol. The predicted molar refractivity (Wildman–Crippen MR) is 63.7 cm³/mol. The van der Waals surface area contributed by atoms with Crippen molar-refractivity contribution in [2.24, 2.45) is 5.92 Å². The van der Waals surface area contributed by atoms with E-state index in [4.69, 9.17) is 5.11 Å². The first-order valence-corrected chi connectivity index (χ1v) is 6.24. The van der Waals surface area contributed by atoms with Gasteiger partial charge in [-0.1, -0.05) is 58.8 Å². The zero-order chi connectivity index (χ0) is 11.5. The second kappa shape index (κ2) is 10.0. The molecule has 0 saturated carbocycles. The van der Waals surface area contributed by atoms with Crippen LogP contribution in [0.15, 0.2) is 0 Å².